The Morgan fingerprint density at radius 2 is 1.61 bits per heavy atom. The van der Waals surface area contributed by atoms with Gasteiger partial charge < -0.3 is 10.1 Å². The molecule has 0 unspecified atom stereocenters. The molecule has 1 aliphatic heterocycles. The molecule has 36 heavy (non-hydrogen) atoms. The van der Waals surface area contributed by atoms with Crippen LogP contribution in [0.5, 0.6) is 0 Å². The van der Waals surface area contributed by atoms with Gasteiger partial charge in [0.1, 0.15) is 11.6 Å². The summed E-state index contributed by atoms with van der Waals surface area (Å²) in [6, 6.07) is 7.86. The molecule has 9 heteroatoms. The first-order valence-corrected chi connectivity index (χ1v) is 12.2. The summed E-state index contributed by atoms with van der Waals surface area (Å²) in [7, 11) is 0. The Morgan fingerprint density at radius 3 is 2.31 bits per heavy atom. The van der Waals surface area contributed by atoms with Crippen LogP contribution < -0.4 is 5.32 Å². The highest BCUT2D eigenvalue weighted by Crippen LogP contribution is 2.44. The highest BCUT2D eigenvalue weighted by Gasteiger charge is 2.37. The number of alkyl halides is 2. The molecular formula is C27H27F3N4O2. The van der Waals surface area contributed by atoms with Crippen LogP contribution in [-0.4, -0.2) is 40.0 Å². The number of carbonyl (C=O) groups excluding carboxylic acids is 1. The first kappa shape index (κ1) is 24.4. The molecule has 1 N–H and O–H groups in total. The minimum atomic E-state index is -2.70. The summed E-state index contributed by atoms with van der Waals surface area (Å²) in [6.45, 7) is 1.32. The largest absolute Gasteiger partial charge is 0.381 e. The number of nitrogens with one attached hydrogen (secondary N) is 1. The van der Waals surface area contributed by atoms with E-state index in [2.05, 4.69) is 20.3 Å². The molecule has 0 atom stereocenters. The van der Waals surface area contributed by atoms with Crippen LogP contribution in [0.3, 0.4) is 0 Å². The standard InChI is InChI=1S/C27H27F3N4O2/c28-22-4-2-1-3-20(22)21-7-12-31-23(17-5-10-27(29,30)11-6-17)24(21)34-26(35)19-15-32-25(33-16-19)18-8-13-36-14-9-18/h1-4,7,12,15-18H,5-6,8-11,13-14H2,(H,34,35). The fraction of sp³-hybridized carbons (Fsp3) is 0.407. The minimum absolute atomic E-state index is 0.192. The number of rotatable bonds is 5. The van der Waals surface area contributed by atoms with Crippen molar-refractivity contribution < 1.29 is 22.7 Å². The number of carbonyl (C=O) groups is 1. The lowest BCUT2D eigenvalue weighted by molar-refractivity contribution is -0.0384. The number of halogens is 3. The number of hydrogen-bond acceptors (Lipinski definition) is 5. The van der Waals surface area contributed by atoms with E-state index in [9.17, 15) is 18.0 Å². The van der Waals surface area contributed by atoms with Crippen molar-refractivity contribution >= 4 is 11.6 Å². The third-order valence-corrected chi connectivity index (χ3v) is 7.01. The van der Waals surface area contributed by atoms with Crippen LogP contribution in [0.4, 0.5) is 18.9 Å². The minimum Gasteiger partial charge on any atom is -0.381 e. The van der Waals surface area contributed by atoms with Crippen molar-refractivity contribution in [2.24, 2.45) is 0 Å². The SMILES string of the molecule is O=C(Nc1c(-c2ccccc2F)ccnc1C1CCC(F)(F)CC1)c1cnc(C2CCOCC2)nc1. The molecule has 188 valence electrons. The molecule has 1 aromatic carbocycles. The van der Waals surface area contributed by atoms with Gasteiger partial charge in [-0.1, -0.05) is 18.2 Å². The van der Waals surface area contributed by atoms with Crippen molar-refractivity contribution in [3.05, 3.63) is 71.8 Å². The number of hydrogen-bond donors (Lipinski definition) is 1. The van der Waals surface area contributed by atoms with E-state index in [0.717, 1.165) is 12.8 Å². The lowest BCUT2D eigenvalue weighted by Crippen LogP contribution is -2.25. The Morgan fingerprint density at radius 1 is 0.917 bits per heavy atom. The van der Waals surface area contributed by atoms with E-state index in [4.69, 9.17) is 4.74 Å². The number of anilines is 1. The summed E-state index contributed by atoms with van der Waals surface area (Å²) in [5.74, 6) is -3.04. The van der Waals surface area contributed by atoms with Gasteiger partial charge in [-0.3, -0.25) is 9.78 Å². The molecule has 0 bridgehead atoms. The van der Waals surface area contributed by atoms with Gasteiger partial charge in [0.15, 0.2) is 0 Å². The van der Waals surface area contributed by atoms with E-state index in [0.29, 0.717) is 41.5 Å². The van der Waals surface area contributed by atoms with Crippen LogP contribution in [0, 0.1) is 5.82 Å². The van der Waals surface area contributed by atoms with E-state index in [1.807, 2.05) is 0 Å². The molecule has 1 amide bonds. The van der Waals surface area contributed by atoms with E-state index in [-0.39, 0.29) is 43.1 Å². The van der Waals surface area contributed by atoms with Crippen LogP contribution in [0.15, 0.2) is 48.9 Å². The van der Waals surface area contributed by atoms with Crippen LogP contribution in [0.25, 0.3) is 11.1 Å². The van der Waals surface area contributed by atoms with Crippen molar-refractivity contribution in [2.75, 3.05) is 18.5 Å². The lowest BCUT2D eigenvalue weighted by atomic mass is 9.83. The molecule has 0 spiro atoms. The van der Waals surface area contributed by atoms with Crippen molar-refractivity contribution in [1.82, 2.24) is 15.0 Å². The van der Waals surface area contributed by atoms with E-state index < -0.39 is 17.6 Å². The summed E-state index contributed by atoms with van der Waals surface area (Å²) in [5, 5.41) is 2.88. The number of amides is 1. The molecule has 2 aromatic heterocycles. The fourth-order valence-electron chi connectivity index (χ4n) is 4.94. The van der Waals surface area contributed by atoms with Crippen molar-refractivity contribution in [1.29, 1.82) is 0 Å². The van der Waals surface area contributed by atoms with Gasteiger partial charge in [-0.25, -0.2) is 23.1 Å². The van der Waals surface area contributed by atoms with Gasteiger partial charge in [-0.2, -0.15) is 0 Å². The monoisotopic (exact) mass is 496 g/mol. The Balaban J connectivity index is 1.46. The summed E-state index contributed by atoms with van der Waals surface area (Å²) < 4.78 is 47.8. The summed E-state index contributed by atoms with van der Waals surface area (Å²) in [5.41, 5.74) is 1.80. The maximum Gasteiger partial charge on any atom is 0.258 e. The number of nitrogens with zero attached hydrogens (tertiary/aromatic N) is 3. The van der Waals surface area contributed by atoms with Crippen LogP contribution in [0.2, 0.25) is 0 Å². The zero-order valence-corrected chi connectivity index (χ0v) is 19.7. The van der Waals surface area contributed by atoms with Crippen LogP contribution in [0.1, 0.15) is 72.2 Å². The van der Waals surface area contributed by atoms with Crippen LogP contribution in [-0.2, 0) is 4.74 Å². The third kappa shape index (κ3) is 5.26. The molecule has 1 saturated carbocycles. The van der Waals surface area contributed by atoms with Crippen LogP contribution >= 0.6 is 0 Å². The van der Waals surface area contributed by atoms with E-state index in [1.54, 1.807) is 24.3 Å². The molecule has 2 aliphatic rings. The first-order chi connectivity index (χ1) is 17.4. The highest BCUT2D eigenvalue weighted by molar-refractivity contribution is 6.06. The normalized spacial score (nSPS) is 18.6. The predicted octanol–water partition coefficient (Wildman–Crippen LogP) is 6.12. The zero-order valence-electron chi connectivity index (χ0n) is 19.7. The first-order valence-electron chi connectivity index (χ1n) is 12.2. The van der Waals surface area contributed by atoms with Gasteiger partial charge in [-0.15, -0.1) is 0 Å². The van der Waals surface area contributed by atoms with E-state index in [1.165, 1.54) is 24.7 Å². The Kier molecular flexibility index (Phi) is 7.00. The van der Waals surface area contributed by atoms with Gasteiger partial charge in [0, 0.05) is 67.6 Å². The van der Waals surface area contributed by atoms with Gasteiger partial charge in [0.2, 0.25) is 5.92 Å². The quantitative estimate of drug-likeness (QED) is 0.461. The summed E-state index contributed by atoms with van der Waals surface area (Å²) in [4.78, 5) is 26.5. The highest BCUT2D eigenvalue weighted by atomic mass is 19.3. The van der Waals surface area contributed by atoms with Gasteiger partial charge in [-0.05, 0) is 37.8 Å². The fourth-order valence-corrected chi connectivity index (χ4v) is 4.94. The average Bonchev–Trinajstić information content (AvgIpc) is 2.90. The molecule has 2 fully saturated rings. The second kappa shape index (κ2) is 10.3. The topological polar surface area (TPSA) is 77.0 Å². The number of ether oxygens (including phenoxy) is 1. The second-order valence-corrected chi connectivity index (χ2v) is 9.40. The van der Waals surface area contributed by atoms with Gasteiger partial charge >= 0.3 is 0 Å². The van der Waals surface area contributed by atoms with Crippen molar-refractivity contribution in [3.63, 3.8) is 0 Å². The maximum atomic E-state index is 14.8. The smallest absolute Gasteiger partial charge is 0.258 e. The Hall–Kier alpha value is -3.33. The predicted molar refractivity (Wildman–Crippen MR) is 129 cm³/mol. The lowest BCUT2D eigenvalue weighted by Gasteiger charge is -2.29. The molecule has 3 heterocycles. The maximum absolute atomic E-state index is 14.8. The third-order valence-electron chi connectivity index (χ3n) is 7.01. The van der Waals surface area contributed by atoms with Crippen molar-refractivity contribution in [3.8, 4) is 11.1 Å². The molecular weight excluding hydrogens is 469 g/mol. The van der Waals surface area contributed by atoms with Crippen molar-refractivity contribution in [2.45, 2.75) is 56.3 Å². The van der Waals surface area contributed by atoms with Gasteiger partial charge in [0.25, 0.3) is 5.91 Å². The Bertz CT molecular complexity index is 1220. The average molecular weight is 497 g/mol. The molecule has 5 rings (SSSR count). The molecule has 0 radical (unpaired) electrons. The zero-order chi connectivity index (χ0) is 25.1. The molecule has 1 aliphatic carbocycles. The molecule has 1 saturated heterocycles. The van der Waals surface area contributed by atoms with Gasteiger partial charge in [0.05, 0.1) is 16.9 Å². The van der Waals surface area contributed by atoms with E-state index >= 15 is 0 Å². The number of aromatic nitrogens is 3. The Labute approximate surface area is 207 Å². The summed E-state index contributed by atoms with van der Waals surface area (Å²) >= 11 is 0. The summed E-state index contributed by atoms with van der Waals surface area (Å²) in [6.07, 6.45) is 6.11. The second-order valence-electron chi connectivity index (χ2n) is 9.40. The molecule has 3 aromatic rings. The number of benzene rings is 1. The molecule has 6 nitrogen and oxygen atoms in total. The number of pyridine rings is 1.